The molecule has 0 saturated carbocycles. The maximum atomic E-state index is 11.7. The molecule has 18 heavy (non-hydrogen) atoms. The highest BCUT2D eigenvalue weighted by Crippen LogP contribution is 2.40. The van der Waals surface area contributed by atoms with Crippen LogP contribution >= 0.6 is 11.8 Å². The van der Waals surface area contributed by atoms with Gasteiger partial charge < -0.3 is 15.3 Å². The predicted octanol–water partition coefficient (Wildman–Crippen LogP) is -1.83. The largest absolute Gasteiger partial charge is 0.395 e. The van der Waals surface area contributed by atoms with Crippen LogP contribution in [0.4, 0.5) is 0 Å². The van der Waals surface area contributed by atoms with Crippen molar-refractivity contribution >= 4 is 11.8 Å². The molecule has 0 unspecified atom stereocenters. The zero-order valence-electron chi connectivity index (χ0n) is 9.61. The van der Waals surface area contributed by atoms with Crippen molar-refractivity contribution in [3.8, 4) is 0 Å². The van der Waals surface area contributed by atoms with Crippen LogP contribution in [0, 0.1) is 6.92 Å². The summed E-state index contributed by atoms with van der Waals surface area (Å²) < 4.78 is 1.17. The number of aromatic amines is 1. The Balaban J connectivity index is 2.42. The number of hydrogen-bond acceptors (Lipinski definition) is 6. The van der Waals surface area contributed by atoms with Gasteiger partial charge in [-0.25, -0.2) is 4.79 Å². The molecule has 0 spiro atoms. The van der Waals surface area contributed by atoms with Gasteiger partial charge in [-0.05, 0) is 6.92 Å². The number of thioether (sulfide) groups is 1. The molecule has 1 aliphatic heterocycles. The standard InChI is InChI=1S/C10H14N2O5S/c1-4-2-12(10(17)11-8(4)16)9-7(15)6(14)5(3-13)18-9/h2,5-7,9,13-15H,3H2,1H3,(H,11,16,17)/t5-,6-,7-,9-/m1/s1. The first-order valence-corrected chi connectivity index (χ1v) is 6.34. The quantitative estimate of drug-likeness (QED) is 0.504. The van der Waals surface area contributed by atoms with Crippen LogP contribution in [0.5, 0.6) is 0 Å². The number of rotatable bonds is 2. The van der Waals surface area contributed by atoms with E-state index in [0.717, 1.165) is 11.8 Å². The molecule has 1 aliphatic rings. The van der Waals surface area contributed by atoms with Gasteiger partial charge in [-0.3, -0.25) is 14.3 Å². The molecule has 1 aromatic heterocycles. The van der Waals surface area contributed by atoms with Crippen molar-refractivity contribution in [2.45, 2.75) is 29.8 Å². The van der Waals surface area contributed by atoms with E-state index in [-0.39, 0.29) is 6.61 Å². The lowest BCUT2D eigenvalue weighted by molar-refractivity contribution is 0.0101. The van der Waals surface area contributed by atoms with Crippen molar-refractivity contribution in [3.63, 3.8) is 0 Å². The van der Waals surface area contributed by atoms with E-state index in [4.69, 9.17) is 5.11 Å². The van der Waals surface area contributed by atoms with E-state index in [0.29, 0.717) is 5.56 Å². The molecule has 1 fully saturated rings. The Morgan fingerprint density at radius 3 is 2.61 bits per heavy atom. The van der Waals surface area contributed by atoms with Crippen LogP contribution in [0.2, 0.25) is 0 Å². The zero-order valence-corrected chi connectivity index (χ0v) is 10.4. The summed E-state index contributed by atoms with van der Waals surface area (Å²) in [6.07, 6.45) is -0.937. The molecule has 0 amide bonds. The van der Waals surface area contributed by atoms with Gasteiger partial charge in [0, 0.05) is 11.8 Å². The van der Waals surface area contributed by atoms with Crippen LogP contribution in [0.1, 0.15) is 10.9 Å². The van der Waals surface area contributed by atoms with Crippen molar-refractivity contribution in [2.24, 2.45) is 0 Å². The Labute approximate surface area is 106 Å². The van der Waals surface area contributed by atoms with Crippen LogP contribution in [0.15, 0.2) is 15.8 Å². The molecular formula is C10H14N2O5S. The molecule has 0 bridgehead atoms. The van der Waals surface area contributed by atoms with Crippen molar-refractivity contribution in [3.05, 3.63) is 32.6 Å². The van der Waals surface area contributed by atoms with E-state index >= 15 is 0 Å². The lowest BCUT2D eigenvalue weighted by Crippen LogP contribution is -2.38. The predicted molar refractivity (Wildman–Crippen MR) is 65.6 cm³/mol. The van der Waals surface area contributed by atoms with Gasteiger partial charge in [-0.2, -0.15) is 0 Å². The van der Waals surface area contributed by atoms with E-state index in [1.54, 1.807) is 6.92 Å². The SMILES string of the molecule is Cc1cn([C@@H]2S[C@H](CO)[C@@H](O)[C@H]2O)c(=O)[nH]c1=O. The summed E-state index contributed by atoms with van der Waals surface area (Å²) in [4.78, 5) is 25.0. The molecule has 0 aromatic carbocycles. The molecule has 0 radical (unpaired) electrons. The fourth-order valence-electron chi connectivity index (χ4n) is 1.88. The number of H-pyrrole nitrogens is 1. The number of aliphatic hydroxyl groups excluding tert-OH is 3. The lowest BCUT2D eigenvalue weighted by atomic mass is 10.1. The number of aliphatic hydroxyl groups is 3. The third kappa shape index (κ3) is 2.12. The smallest absolute Gasteiger partial charge is 0.329 e. The summed E-state index contributed by atoms with van der Waals surface area (Å²) in [6, 6.07) is 0. The lowest BCUT2D eigenvalue weighted by Gasteiger charge is -2.17. The molecule has 2 rings (SSSR count). The summed E-state index contributed by atoms with van der Waals surface area (Å²) in [6.45, 7) is 1.25. The molecule has 7 nitrogen and oxygen atoms in total. The first kappa shape index (κ1) is 13.3. The minimum atomic E-state index is -1.17. The summed E-state index contributed by atoms with van der Waals surface area (Å²) in [5.41, 5.74) is -0.787. The van der Waals surface area contributed by atoms with E-state index in [1.165, 1.54) is 10.8 Å². The Kier molecular flexibility index (Phi) is 3.62. The number of aromatic nitrogens is 2. The molecule has 4 N–H and O–H groups in total. The normalized spacial score (nSPS) is 31.8. The Bertz CT molecular complexity index is 554. The van der Waals surface area contributed by atoms with Crippen LogP contribution in [-0.4, -0.2) is 48.9 Å². The number of hydrogen-bond donors (Lipinski definition) is 4. The van der Waals surface area contributed by atoms with Crippen LogP contribution in [0.25, 0.3) is 0 Å². The van der Waals surface area contributed by atoms with Crippen molar-refractivity contribution < 1.29 is 15.3 Å². The minimum Gasteiger partial charge on any atom is -0.395 e. The van der Waals surface area contributed by atoms with Gasteiger partial charge in [0.15, 0.2) is 0 Å². The molecule has 2 heterocycles. The molecule has 1 aromatic rings. The highest BCUT2D eigenvalue weighted by molar-refractivity contribution is 8.00. The number of aryl methyl sites for hydroxylation is 1. The third-order valence-electron chi connectivity index (χ3n) is 2.94. The van der Waals surface area contributed by atoms with Crippen LogP contribution in [0.3, 0.4) is 0 Å². The van der Waals surface area contributed by atoms with Crippen LogP contribution in [-0.2, 0) is 0 Å². The second-order valence-electron chi connectivity index (χ2n) is 4.21. The molecule has 100 valence electrons. The fourth-order valence-corrected chi connectivity index (χ4v) is 3.26. The van der Waals surface area contributed by atoms with Gasteiger partial charge in [0.05, 0.1) is 18.0 Å². The average Bonchev–Trinajstić information content (AvgIpc) is 2.61. The van der Waals surface area contributed by atoms with Gasteiger partial charge in [-0.15, -0.1) is 11.8 Å². The molecular weight excluding hydrogens is 260 g/mol. The monoisotopic (exact) mass is 274 g/mol. The van der Waals surface area contributed by atoms with Gasteiger partial charge in [0.1, 0.15) is 11.5 Å². The summed E-state index contributed by atoms with van der Waals surface area (Å²) in [5.74, 6) is 0. The van der Waals surface area contributed by atoms with Gasteiger partial charge in [0.25, 0.3) is 5.56 Å². The van der Waals surface area contributed by atoms with E-state index in [9.17, 15) is 19.8 Å². The summed E-state index contributed by atoms with van der Waals surface area (Å²) in [7, 11) is 0. The van der Waals surface area contributed by atoms with E-state index in [1.807, 2.05) is 0 Å². The van der Waals surface area contributed by atoms with Gasteiger partial charge in [-0.1, -0.05) is 0 Å². The Morgan fingerprint density at radius 2 is 2.06 bits per heavy atom. The highest BCUT2D eigenvalue weighted by atomic mass is 32.2. The van der Waals surface area contributed by atoms with Crippen molar-refractivity contribution in [2.75, 3.05) is 6.61 Å². The van der Waals surface area contributed by atoms with Gasteiger partial charge >= 0.3 is 5.69 Å². The summed E-state index contributed by atoms with van der Waals surface area (Å²) in [5, 5.41) is 27.3. The zero-order chi connectivity index (χ0) is 13.4. The second kappa shape index (κ2) is 4.88. The first-order chi connectivity index (χ1) is 8.45. The topological polar surface area (TPSA) is 116 Å². The fraction of sp³-hybridized carbons (Fsp3) is 0.600. The maximum absolute atomic E-state index is 11.7. The second-order valence-corrected chi connectivity index (χ2v) is 5.57. The minimum absolute atomic E-state index is 0.295. The molecule has 4 atom stereocenters. The number of nitrogens with zero attached hydrogens (tertiary/aromatic N) is 1. The third-order valence-corrected chi connectivity index (χ3v) is 4.50. The van der Waals surface area contributed by atoms with Gasteiger partial charge in [0.2, 0.25) is 0 Å². The molecule has 1 saturated heterocycles. The Morgan fingerprint density at radius 1 is 1.39 bits per heavy atom. The van der Waals surface area contributed by atoms with Crippen molar-refractivity contribution in [1.82, 2.24) is 9.55 Å². The first-order valence-electron chi connectivity index (χ1n) is 5.40. The average molecular weight is 274 g/mol. The summed E-state index contributed by atoms with van der Waals surface area (Å²) >= 11 is 1.10. The Hall–Kier alpha value is -1.09. The molecule has 8 heteroatoms. The maximum Gasteiger partial charge on any atom is 0.329 e. The van der Waals surface area contributed by atoms with E-state index in [2.05, 4.69) is 4.98 Å². The van der Waals surface area contributed by atoms with Crippen molar-refractivity contribution in [1.29, 1.82) is 0 Å². The molecule has 0 aliphatic carbocycles. The van der Waals surface area contributed by atoms with E-state index < -0.39 is 34.1 Å². The van der Waals surface area contributed by atoms with Crippen LogP contribution < -0.4 is 11.2 Å². The number of nitrogens with one attached hydrogen (secondary N) is 1. The highest BCUT2D eigenvalue weighted by Gasteiger charge is 2.43.